The lowest BCUT2D eigenvalue weighted by atomic mass is 9.87. The zero-order valence-electron chi connectivity index (χ0n) is 17.9. The fourth-order valence-corrected chi connectivity index (χ4v) is 3.74. The topological polar surface area (TPSA) is 34.4 Å². The van der Waals surface area contributed by atoms with Crippen molar-refractivity contribution in [2.45, 2.75) is 45.9 Å². The molecule has 0 saturated carbocycles. The molecule has 30 heavy (non-hydrogen) atoms. The number of nitrogens with zero attached hydrogens (tertiary/aromatic N) is 1. The van der Waals surface area contributed by atoms with Gasteiger partial charge in [0.05, 0.1) is 6.61 Å². The van der Waals surface area contributed by atoms with Crippen molar-refractivity contribution in [3.63, 3.8) is 0 Å². The summed E-state index contributed by atoms with van der Waals surface area (Å²) in [6, 6.07) is 25.1. The molecule has 3 nitrogen and oxygen atoms in total. The molecule has 0 unspecified atom stereocenters. The van der Waals surface area contributed by atoms with E-state index in [1.165, 1.54) is 11.1 Å². The minimum Gasteiger partial charge on any atom is -0.489 e. The molecule has 1 aromatic heterocycles. The van der Waals surface area contributed by atoms with E-state index in [1.54, 1.807) is 0 Å². The lowest BCUT2D eigenvalue weighted by Crippen LogP contribution is -2.11. The van der Waals surface area contributed by atoms with Crippen molar-refractivity contribution >= 4 is 10.9 Å². The number of aromatic nitrogens is 1. The molecular weight excluding hydrogens is 370 g/mol. The third-order valence-electron chi connectivity index (χ3n) is 5.53. The predicted octanol–water partition coefficient (Wildman–Crippen LogP) is 6.06. The van der Waals surface area contributed by atoms with Crippen LogP contribution in [-0.4, -0.2) is 9.67 Å². The van der Waals surface area contributed by atoms with E-state index < -0.39 is 0 Å². The van der Waals surface area contributed by atoms with E-state index in [0.29, 0.717) is 6.61 Å². The summed E-state index contributed by atoms with van der Waals surface area (Å²) in [6.07, 6.45) is 2.04. The first-order valence-electron chi connectivity index (χ1n) is 10.4. The van der Waals surface area contributed by atoms with Crippen molar-refractivity contribution in [3.05, 3.63) is 101 Å². The van der Waals surface area contributed by atoms with Crippen molar-refractivity contribution < 1.29 is 9.84 Å². The van der Waals surface area contributed by atoms with E-state index in [9.17, 15) is 5.11 Å². The number of fused-ring (bicyclic) bond motifs is 1. The molecule has 4 aromatic rings. The van der Waals surface area contributed by atoms with Crippen LogP contribution in [0.2, 0.25) is 0 Å². The van der Waals surface area contributed by atoms with Gasteiger partial charge in [-0.25, -0.2) is 0 Å². The number of hydrogen-bond acceptors (Lipinski definition) is 2. The van der Waals surface area contributed by atoms with Crippen molar-refractivity contribution in [2.24, 2.45) is 0 Å². The maximum Gasteiger partial charge on any atom is 0.120 e. The predicted molar refractivity (Wildman–Crippen MR) is 123 cm³/mol. The Morgan fingerprint density at radius 1 is 0.867 bits per heavy atom. The van der Waals surface area contributed by atoms with Crippen LogP contribution in [0, 0.1) is 0 Å². The van der Waals surface area contributed by atoms with Crippen LogP contribution < -0.4 is 4.74 Å². The number of rotatable bonds is 6. The van der Waals surface area contributed by atoms with Crippen LogP contribution in [0.15, 0.2) is 79.0 Å². The monoisotopic (exact) mass is 399 g/mol. The first kappa shape index (κ1) is 20.2. The molecule has 1 N–H and O–H groups in total. The minimum atomic E-state index is 0.00853. The van der Waals surface area contributed by atoms with Crippen LogP contribution in [0.1, 0.15) is 43.0 Å². The summed E-state index contributed by atoms with van der Waals surface area (Å²) in [4.78, 5) is 0. The Hall–Kier alpha value is -3.04. The molecule has 0 aliphatic heterocycles. The van der Waals surface area contributed by atoms with Crippen molar-refractivity contribution in [3.8, 4) is 5.75 Å². The fourth-order valence-electron chi connectivity index (χ4n) is 3.74. The van der Waals surface area contributed by atoms with Gasteiger partial charge in [-0.15, -0.1) is 0 Å². The Morgan fingerprint density at radius 3 is 2.27 bits per heavy atom. The van der Waals surface area contributed by atoms with Gasteiger partial charge in [0.15, 0.2) is 0 Å². The van der Waals surface area contributed by atoms with Gasteiger partial charge in [0.1, 0.15) is 12.4 Å². The molecule has 0 atom stereocenters. The Labute approximate surface area is 178 Å². The number of benzene rings is 3. The molecule has 0 fully saturated rings. The third-order valence-corrected chi connectivity index (χ3v) is 5.53. The normalized spacial score (nSPS) is 11.7. The van der Waals surface area contributed by atoms with Crippen LogP contribution in [0.4, 0.5) is 0 Å². The molecule has 0 radical (unpaired) electrons. The van der Waals surface area contributed by atoms with Gasteiger partial charge in [-0.05, 0) is 40.3 Å². The van der Waals surface area contributed by atoms with Gasteiger partial charge in [0.25, 0.3) is 0 Å². The molecule has 3 aromatic carbocycles. The van der Waals surface area contributed by atoms with Gasteiger partial charge in [0, 0.05) is 29.2 Å². The number of aliphatic hydroxyl groups is 1. The molecule has 3 heteroatoms. The third kappa shape index (κ3) is 4.42. The Morgan fingerprint density at radius 2 is 1.60 bits per heavy atom. The zero-order valence-corrected chi connectivity index (χ0v) is 17.9. The molecule has 1 heterocycles. The first-order valence-corrected chi connectivity index (χ1v) is 10.4. The summed E-state index contributed by atoms with van der Waals surface area (Å²) in [5.74, 6) is 0.813. The molecule has 0 aliphatic rings. The average Bonchev–Trinajstić information content (AvgIpc) is 3.09. The molecule has 0 amide bonds. The van der Waals surface area contributed by atoms with Crippen LogP contribution >= 0.6 is 0 Å². The maximum atomic E-state index is 9.89. The van der Waals surface area contributed by atoms with E-state index in [2.05, 4.69) is 67.8 Å². The van der Waals surface area contributed by atoms with Crippen LogP contribution in [0.25, 0.3) is 10.9 Å². The van der Waals surface area contributed by atoms with Gasteiger partial charge in [-0.3, -0.25) is 0 Å². The van der Waals surface area contributed by atoms with Gasteiger partial charge in [-0.2, -0.15) is 0 Å². The highest BCUT2D eigenvalue weighted by Crippen LogP contribution is 2.28. The second kappa shape index (κ2) is 8.37. The molecule has 4 rings (SSSR count). The maximum absolute atomic E-state index is 9.89. The highest BCUT2D eigenvalue weighted by Gasteiger charge is 2.14. The quantitative estimate of drug-likeness (QED) is 0.428. The average molecular weight is 400 g/mol. The Bertz CT molecular complexity index is 1120. The second-order valence-corrected chi connectivity index (χ2v) is 8.84. The first-order chi connectivity index (χ1) is 14.4. The molecule has 0 spiro atoms. The molecular formula is C27H29NO2. The zero-order chi connectivity index (χ0) is 21.1. The summed E-state index contributed by atoms with van der Waals surface area (Å²) in [5.41, 5.74) is 5.89. The number of hydrogen-bond donors (Lipinski definition) is 1. The van der Waals surface area contributed by atoms with Gasteiger partial charge in [0.2, 0.25) is 0 Å². The highest BCUT2D eigenvalue weighted by molar-refractivity contribution is 5.85. The second-order valence-electron chi connectivity index (χ2n) is 8.84. The summed E-state index contributed by atoms with van der Waals surface area (Å²) in [5, 5.41) is 10.9. The number of ether oxygens (including phenoxy) is 1. The van der Waals surface area contributed by atoms with Gasteiger partial charge < -0.3 is 14.4 Å². The smallest absolute Gasteiger partial charge is 0.120 e. The van der Waals surface area contributed by atoms with E-state index in [4.69, 9.17) is 4.74 Å². The van der Waals surface area contributed by atoms with Crippen molar-refractivity contribution in [2.75, 3.05) is 0 Å². The van der Waals surface area contributed by atoms with E-state index >= 15 is 0 Å². The molecule has 154 valence electrons. The standard InChI is InChI=1S/C27H29NO2/c1-27(2,3)23-11-9-20(10-12-23)16-28-17-22(18-29)25-15-24(13-14-26(25)28)30-19-21-7-5-4-6-8-21/h4-15,17,29H,16,18-19H2,1-3H3. The van der Waals surface area contributed by atoms with Gasteiger partial charge in [-0.1, -0.05) is 75.4 Å². The van der Waals surface area contributed by atoms with Crippen LogP contribution in [0.5, 0.6) is 5.75 Å². The number of aliphatic hydroxyl groups excluding tert-OH is 1. The van der Waals surface area contributed by atoms with E-state index in [0.717, 1.165) is 34.3 Å². The van der Waals surface area contributed by atoms with E-state index in [-0.39, 0.29) is 12.0 Å². The van der Waals surface area contributed by atoms with Crippen LogP contribution in [-0.2, 0) is 25.2 Å². The van der Waals surface area contributed by atoms with Crippen LogP contribution in [0.3, 0.4) is 0 Å². The Kier molecular flexibility index (Phi) is 5.65. The van der Waals surface area contributed by atoms with Gasteiger partial charge >= 0.3 is 0 Å². The molecule has 0 saturated heterocycles. The lowest BCUT2D eigenvalue weighted by Gasteiger charge is -2.19. The summed E-state index contributed by atoms with van der Waals surface area (Å²) < 4.78 is 8.18. The Balaban J connectivity index is 1.57. The van der Waals surface area contributed by atoms with Crippen molar-refractivity contribution in [1.29, 1.82) is 0 Å². The summed E-state index contributed by atoms with van der Waals surface area (Å²) >= 11 is 0. The lowest BCUT2D eigenvalue weighted by molar-refractivity contribution is 0.283. The summed E-state index contributed by atoms with van der Waals surface area (Å²) in [6.45, 7) is 7.99. The largest absolute Gasteiger partial charge is 0.489 e. The molecule has 0 bridgehead atoms. The highest BCUT2D eigenvalue weighted by atomic mass is 16.5. The SMILES string of the molecule is CC(C)(C)c1ccc(Cn2cc(CO)c3cc(OCc4ccccc4)ccc32)cc1. The molecule has 0 aliphatic carbocycles. The van der Waals surface area contributed by atoms with E-state index in [1.807, 2.05) is 36.5 Å². The minimum absolute atomic E-state index is 0.00853. The fraction of sp³-hybridized carbons (Fsp3) is 0.259. The van der Waals surface area contributed by atoms with Crippen molar-refractivity contribution in [1.82, 2.24) is 4.57 Å². The summed E-state index contributed by atoms with van der Waals surface area (Å²) in [7, 11) is 0.